The number of nitrogens with zero attached hydrogens (tertiary/aromatic N) is 2. The zero-order valence-electron chi connectivity index (χ0n) is 10.7. The number of nitrogens with two attached hydrogens (primary N) is 1. The van der Waals surface area contributed by atoms with Gasteiger partial charge in [0, 0.05) is 24.5 Å². The van der Waals surface area contributed by atoms with Gasteiger partial charge >= 0.3 is 0 Å². The molecule has 0 spiro atoms. The van der Waals surface area contributed by atoms with Crippen LogP contribution < -0.4 is 10.5 Å². The Morgan fingerprint density at radius 2 is 2.11 bits per heavy atom. The summed E-state index contributed by atoms with van der Waals surface area (Å²) in [6, 6.07) is 7.66. The Labute approximate surface area is 117 Å². The number of aryl methyl sites for hydroxylation is 1. The molecular weight excluding hydrogens is 258 g/mol. The lowest BCUT2D eigenvalue weighted by Gasteiger charge is -2.11. The molecule has 2 rings (SSSR count). The monoisotopic (exact) mass is 273 g/mol. The highest BCUT2D eigenvalue weighted by Gasteiger charge is 2.11. The van der Waals surface area contributed by atoms with E-state index in [-0.39, 0.29) is 0 Å². The molecule has 4 nitrogen and oxygen atoms in total. The van der Waals surface area contributed by atoms with Crippen molar-refractivity contribution in [2.24, 2.45) is 5.73 Å². The maximum atomic E-state index is 5.70. The predicted molar refractivity (Wildman–Crippen MR) is 78.3 cm³/mol. The lowest BCUT2D eigenvalue weighted by molar-refractivity contribution is 0.307. The van der Waals surface area contributed by atoms with Crippen LogP contribution in [-0.2, 0) is 6.42 Å². The average molecular weight is 273 g/mol. The van der Waals surface area contributed by atoms with Gasteiger partial charge in [-0.15, -0.1) is 0 Å². The smallest absolute Gasteiger partial charge is 0.224 e. The first kappa shape index (κ1) is 13.4. The topological polar surface area (TPSA) is 61.0 Å². The van der Waals surface area contributed by atoms with Gasteiger partial charge in [0.25, 0.3) is 0 Å². The molecule has 0 saturated carbocycles. The van der Waals surface area contributed by atoms with Crippen LogP contribution in [0.3, 0.4) is 0 Å². The Bertz CT molecular complexity index is 572. The number of thiocarbonyl (C=S) groups is 1. The van der Waals surface area contributed by atoms with Gasteiger partial charge in [0.05, 0.1) is 12.2 Å². The van der Waals surface area contributed by atoms with Gasteiger partial charge in [0.15, 0.2) is 0 Å². The fourth-order valence-electron chi connectivity index (χ4n) is 1.74. The van der Waals surface area contributed by atoms with E-state index in [1.54, 1.807) is 12.4 Å². The van der Waals surface area contributed by atoms with Crippen LogP contribution in [0.4, 0.5) is 0 Å². The number of aromatic nitrogens is 2. The van der Waals surface area contributed by atoms with Crippen LogP contribution >= 0.6 is 12.2 Å². The SMILES string of the molecule is Cc1ccnc(OCCc2ccccn2)c1C(N)=S. The lowest BCUT2D eigenvalue weighted by atomic mass is 10.1. The molecule has 0 fully saturated rings. The first-order valence-corrected chi connectivity index (χ1v) is 6.37. The Morgan fingerprint density at radius 1 is 1.26 bits per heavy atom. The van der Waals surface area contributed by atoms with Crippen molar-refractivity contribution in [1.29, 1.82) is 0 Å². The average Bonchev–Trinajstić information content (AvgIpc) is 2.39. The van der Waals surface area contributed by atoms with E-state index in [0.29, 0.717) is 29.5 Å². The number of hydrogen-bond acceptors (Lipinski definition) is 4. The van der Waals surface area contributed by atoms with Gasteiger partial charge in [-0.05, 0) is 30.7 Å². The van der Waals surface area contributed by atoms with Crippen LogP contribution in [0, 0.1) is 6.92 Å². The van der Waals surface area contributed by atoms with Gasteiger partial charge in [0.1, 0.15) is 4.99 Å². The predicted octanol–water partition coefficient (Wildman–Crippen LogP) is 2.04. The molecule has 5 heteroatoms. The van der Waals surface area contributed by atoms with Gasteiger partial charge in [-0.1, -0.05) is 18.3 Å². The number of pyridine rings is 2. The van der Waals surface area contributed by atoms with Crippen LogP contribution in [0.5, 0.6) is 5.88 Å². The fraction of sp³-hybridized carbons (Fsp3) is 0.214. The van der Waals surface area contributed by atoms with E-state index in [9.17, 15) is 0 Å². The minimum absolute atomic E-state index is 0.304. The van der Waals surface area contributed by atoms with E-state index >= 15 is 0 Å². The molecule has 0 bridgehead atoms. The Hall–Kier alpha value is -2.01. The van der Waals surface area contributed by atoms with E-state index in [4.69, 9.17) is 22.7 Å². The summed E-state index contributed by atoms with van der Waals surface area (Å²) in [5.41, 5.74) is 8.35. The van der Waals surface area contributed by atoms with Crippen molar-refractivity contribution in [3.8, 4) is 5.88 Å². The highest BCUT2D eigenvalue weighted by Crippen LogP contribution is 2.18. The zero-order valence-corrected chi connectivity index (χ0v) is 11.5. The second-order valence-electron chi connectivity index (χ2n) is 4.09. The van der Waals surface area contributed by atoms with Gasteiger partial charge < -0.3 is 10.5 Å². The highest BCUT2D eigenvalue weighted by atomic mass is 32.1. The molecule has 0 saturated heterocycles. The summed E-state index contributed by atoms with van der Waals surface area (Å²) >= 11 is 5.03. The third-order valence-corrected chi connectivity index (χ3v) is 2.90. The molecule has 2 N–H and O–H groups in total. The first-order valence-electron chi connectivity index (χ1n) is 5.96. The Morgan fingerprint density at radius 3 is 2.79 bits per heavy atom. The van der Waals surface area contributed by atoms with Gasteiger partial charge in [-0.25, -0.2) is 4.98 Å². The number of hydrogen-bond donors (Lipinski definition) is 1. The molecule has 0 atom stereocenters. The second kappa shape index (κ2) is 6.24. The molecule has 0 aliphatic rings. The van der Waals surface area contributed by atoms with E-state index in [2.05, 4.69) is 9.97 Å². The Kier molecular flexibility index (Phi) is 4.41. The van der Waals surface area contributed by atoms with Crippen molar-refractivity contribution < 1.29 is 4.74 Å². The molecule has 0 aliphatic carbocycles. The van der Waals surface area contributed by atoms with Gasteiger partial charge in [-0.3, -0.25) is 4.98 Å². The molecule has 98 valence electrons. The summed E-state index contributed by atoms with van der Waals surface area (Å²) in [5.74, 6) is 0.489. The molecule has 2 heterocycles. The molecule has 2 aromatic rings. The van der Waals surface area contributed by atoms with Crippen molar-refractivity contribution in [3.63, 3.8) is 0 Å². The summed E-state index contributed by atoms with van der Waals surface area (Å²) in [6.45, 7) is 2.42. The standard InChI is InChI=1S/C14H15N3OS/c1-10-5-8-17-14(12(10)13(15)19)18-9-6-11-4-2-3-7-16-11/h2-5,7-8H,6,9H2,1H3,(H2,15,19). The number of ether oxygens (including phenoxy) is 1. The molecular formula is C14H15N3OS. The molecule has 0 amide bonds. The highest BCUT2D eigenvalue weighted by molar-refractivity contribution is 7.80. The Balaban J connectivity index is 2.04. The second-order valence-corrected chi connectivity index (χ2v) is 4.53. The summed E-state index contributed by atoms with van der Waals surface area (Å²) in [6.07, 6.45) is 4.17. The first-order chi connectivity index (χ1) is 9.18. The van der Waals surface area contributed by atoms with E-state index in [1.807, 2.05) is 31.2 Å². The van der Waals surface area contributed by atoms with Crippen LogP contribution in [0.1, 0.15) is 16.8 Å². The fourth-order valence-corrected chi connectivity index (χ4v) is 1.99. The lowest BCUT2D eigenvalue weighted by Crippen LogP contribution is -2.15. The van der Waals surface area contributed by atoms with E-state index < -0.39 is 0 Å². The van der Waals surface area contributed by atoms with Gasteiger partial charge in [0.2, 0.25) is 5.88 Å². The van der Waals surface area contributed by atoms with Gasteiger partial charge in [-0.2, -0.15) is 0 Å². The maximum absolute atomic E-state index is 5.70. The maximum Gasteiger partial charge on any atom is 0.224 e. The third-order valence-electron chi connectivity index (χ3n) is 2.69. The molecule has 0 unspecified atom stereocenters. The number of rotatable bonds is 5. The third kappa shape index (κ3) is 3.48. The minimum Gasteiger partial charge on any atom is -0.477 e. The summed E-state index contributed by atoms with van der Waals surface area (Å²) < 4.78 is 5.66. The largest absolute Gasteiger partial charge is 0.477 e. The van der Waals surface area contributed by atoms with Crippen LogP contribution in [0.15, 0.2) is 36.7 Å². The molecule has 0 radical (unpaired) electrons. The summed E-state index contributed by atoms with van der Waals surface area (Å²) in [4.78, 5) is 8.72. The zero-order chi connectivity index (χ0) is 13.7. The van der Waals surface area contributed by atoms with Crippen molar-refractivity contribution in [2.45, 2.75) is 13.3 Å². The molecule has 2 aromatic heterocycles. The van der Waals surface area contributed by atoms with Crippen molar-refractivity contribution in [3.05, 3.63) is 53.5 Å². The summed E-state index contributed by atoms with van der Waals surface area (Å²) in [5, 5.41) is 0. The van der Waals surface area contributed by atoms with Crippen molar-refractivity contribution in [2.75, 3.05) is 6.61 Å². The minimum atomic E-state index is 0.304. The quantitative estimate of drug-likeness (QED) is 0.845. The van der Waals surface area contributed by atoms with Crippen LogP contribution in [0.25, 0.3) is 0 Å². The van der Waals surface area contributed by atoms with Crippen molar-refractivity contribution in [1.82, 2.24) is 9.97 Å². The van der Waals surface area contributed by atoms with E-state index in [1.165, 1.54) is 0 Å². The van der Waals surface area contributed by atoms with Crippen molar-refractivity contribution >= 4 is 17.2 Å². The van der Waals surface area contributed by atoms with Crippen LogP contribution in [-0.4, -0.2) is 21.6 Å². The normalized spacial score (nSPS) is 10.2. The molecule has 0 aromatic carbocycles. The summed E-state index contributed by atoms with van der Waals surface area (Å²) in [7, 11) is 0. The van der Waals surface area contributed by atoms with Crippen LogP contribution in [0.2, 0.25) is 0 Å². The molecule has 19 heavy (non-hydrogen) atoms. The molecule has 0 aliphatic heterocycles. The van der Waals surface area contributed by atoms with E-state index in [0.717, 1.165) is 11.3 Å².